The van der Waals surface area contributed by atoms with Gasteiger partial charge in [0.15, 0.2) is 0 Å². The van der Waals surface area contributed by atoms with E-state index < -0.39 is 0 Å². The van der Waals surface area contributed by atoms with Gasteiger partial charge in [-0.05, 0) is 31.1 Å². The maximum atomic E-state index is 11.8. The number of aliphatic hydroxyl groups is 1. The molecule has 0 fully saturated rings. The number of hydrogen-bond donors (Lipinski definition) is 1. The number of carbonyl (C=O) groups excluding carboxylic acids is 1. The van der Waals surface area contributed by atoms with Gasteiger partial charge in [-0.25, -0.2) is 0 Å². The minimum atomic E-state index is -0.382. The summed E-state index contributed by atoms with van der Waals surface area (Å²) in [6.07, 6.45) is 3.53. The Morgan fingerprint density at radius 2 is 2.17 bits per heavy atom. The summed E-state index contributed by atoms with van der Waals surface area (Å²) in [5, 5.41) is 9.17. The van der Waals surface area contributed by atoms with Crippen LogP contribution in [0.25, 0.3) is 6.08 Å². The molecule has 0 aliphatic heterocycles. The van der Waals surface area contributed by atoms with Crippen LogP contribution in [-0.4, -0.2) is 35.6 Å². The zero-order chi connectivity index (χ0) is 13.5. The summed E-state index contributed by atoms with van der Waals surface area (Å²) in [5.41, 5.74) is 0.967. The lowest BCUT2D eigenvalue weighted by molar-refractivity contribution is -0.124. The molecular formula is C14H18BrNO2. The molecule has 1 aromatic rings. The molecule has 0 aliphatic carbocycles. The van der Waals surface area contributed by atoms with E-state index in [-0.39, 0.29) is 12.0 Å². The molecule has 0 bridgehead atoms. The van der Waals surface area contributed by atoms with Crippen molar-refractivity contribution in [3.8, 4) is 0 Å². The van der Waals surface area contributed by atoms with Gasteiger partial charge in [-0.1, -0.05) is 34.1 Å². The van der Waals surface area contributed by atoms with E-state index in [0.29, 0.717) is 13.0 Å². The average Bonchev–Trinajstić information content (AvgIpc) is 2.34. The fourth-order valence-electron chi connectivity index (χ4n) is 1.39. The van der Waals surface area contributed by atoms with Crippen molar-refractivity contribution in [2.75, 3.05) is 13.6 Å². The van der Waals surface area contributed by atoms with Crippen LogP contribution in [0.15, 0.2) is 34.8 Å². The first-order valence-electron chi connectivity index (χ1n) is 5.86. The van der Waals surface area contributed by atoms with Crippen LogP contribution < -0.4 is 0 Å². The van der Waals surface area contributed by atoms with Gasteiger partial charge in [0, 0.05) is 24.1 Å². The molecule has 1 amide bonds. The van der Waals surface area contributed by atoms with Gasteiger partial charge in [0.25, 0.3) is 0 Å². The third-order valence-corrected chi connectivity index (χ3v) is 3.29. The van der Waals surface area contributed by atoms with Gasteiger partial charge in [-0.15, -0.1) is 0 Å². The number of hydrogen-bond acceptors (Lipinski definition) is 2. The van der Waals surface area contributed by atoms with Crippen LogP contribution in [0, 0.1) is 0 Å². The highest BCUT2D eigenvalue weighted by molar-refractivity contribution is 9.10. The maximum absolute atomic E-state index is 11.8. The lowest BCUT2D eigenvalue weighted by Gasteiger charge is -2.15. The van der Waals surface area contributed by atoms with Crippen LogP contribution in [0.2, 0.25) is 0 Å². The van der Waals surface area contributed by atoms with E-state index in [1.54, 1.807) is 31.0 Å². The van der Waals surface area contributed by atoms with Crippen LogP contribution in [-0.2, 0) is 4.79 Å². The van der Waals surface area contributed by atoms with Crippen LogP contribution in [0.3, 0.4) is 0 Å². The number of aliphatic hydroxyl groups excluding tert-OH is 1. The number of amides is 1. The Labute approximate surface area is 116 Å². The maximum Gasteiger partial charge on any atom is 0.246 e. The predicted molar refractivity (Wildman–Crippen MR) is 77.1 cm³/mol. The van der Waals surface area contributed by atoms with E-state index >= 15 is 0 Å². The van der Waals surface area contributed by atoms with Crippen LogP contribution >= 0.6 is 15.9 Å². The SMILES string of the molecule is CC(O)CCN(C)C(=O)/C=C/c1ccccc1Br. The Balaban J connectivity index is 2.56. The zero-order valence-electron chi connectivity index (χ0n) is 10.6. The molecule has 1 atom stereocenters. The molecule has 0 heterocycles. The standard InChI is InChI=1S/C14H18BrNO2/c1-11(17)9-10-16(2)14(18)8-7-12-5-3-4-6-13(12)15/h3-8,11,17H,9-10H2,1-2H3/b8-7+. The van der Waals surface area contributed by atoms with Crippen molar-refractivity contribution in [1.82, 2.24) is 4.90 Å². The van der Waals surface area contributed by atoms with Crippen LogP contribution in [0.4, 0.5) is 0 Å². The Morgan fingerprint density at radius 3 is 2.78 bits per heavy atom. The van der Waals surface area contributed by atoms with Crippen molar-refractivity contribution < 1.29 is 9.90 Å². The van der Waals surface area contributed by atoms with Crippen molar-refractivity contribution in [1.29, 1.82) is 0 Å². The molecule has 1 aromatic carbocycles. The topological polar surface area (TPSA) is 40.5 Å². The van der Waals surface area contributed by atoms with Gasteiger partial charge in [0.1, 0.15) is 0 Å². The summed E-state index contributed by atoms with van der Waals surface area (Å²) in [7, 11) is 1.73. The van der Waals surface area contributed by atoms with Gasteiger partial charge < -0.3 is 10.0 Å². The molecule has 1 unspecified atom stereocenters. The van der Waals surface area contributed by atoms with E-state index in [1.165, 1.54) is 0 Å². The normalized spacial score (nSPS) is 12.7. The number of nitrogens with zero attached hydrogens (tertiary/aromatic N) is 1. The monoisotopic (exact) mass is 311 g/mol. The first-order chi connectivity index (χ1) is 8.50. The van der Waals surface area contributed by atoms with E-state index in [4.69, 9.17) is 5.11 Å². The van der Waals surface area contributed by atoms with Gasteiger partial charge in [-0.2, -0.15) is 0 Å². The summed E-state index contributed by atoms with van der Waals surface area (Å²) in [4.78, 5) is 13.4. The molecule has 0 saturated heterocycles. The Bertz CT molecular complexity index is 430. The Hall–Kier alpha value is -1.13. The van der Waals surface area contributed by atoms with Crippen LogP contribution in [0.1, 0.15) is 18.9 Å². The molecule has 0 saturated carbocycles. The van der Waals surface area contributed by atoms with Crippen molar-refractivity contribution in [2.24, 2.45) is 0 Å². The third kappa shape index (κ3) is 5.02. The minimum Gasteiger partial charge on any atom is -0.393 e. The number of likely N-dealkylation sites (N-methyl/N-ethyl adjacent to an activating group) is 1. The first-order valence-corrected chi connectivity index (χ1v) is 6.65. The average molecular weight is 312 g/mol. The number of benzene rings is 1. The molecule has 0 spiro atoms. The van der Waals surface area contributed by atoms with Crippen molar-refractivity contribution in [3.05, 3.63) is 40.4 Å². The highest BCUT2D eigenvalue weighted by Gasteiger charge is 2.06. The quantitative estimate of drug-likeness (QED) is 0.849. The van der Waals surface area contributed by atoms with Gasteiger partial charge >= 0.3 is 0 Å². The largest absolute Gasteiger partial charge is 0.393 e. The van der Waals surface area contributed by atoms with Crippen molar-refractivity contribution in [2.45, 2.75) is 19.4 Å². The van der Waals surface area contributed by atoms with Crippen molar-refractivity contribution in [3.63, 3.8) is 0 Å². The summed E-state index contributed by atoms with van der Waals surface area (Å²) in [5.74, 6) is -0.0635. The van der Waals surface area contributed by atoms with E-state index in [0.717, 1.165) is 10.0 Å². The summed E-state index contributed by atoms with van der Waals surface area (Å²) in [6.45, 7) is 2.27. The fraction of sp³-hybridized carbons (Fsp3) is 0.357. The van der Waals surface area contributed by atoms with Gasteiger partial charge in [-0.3, -0.25) is 4.79 Å². The Kier molecular flexibility index (Phi) is 6.09. The number of halogens is 1. The molecule has 1 N–H and O–H groups in total. The smallest absolute Gasteiger partial charge is 0.246 e. The number of rotatable bonds is 5. The minimum absolute atomic E-state index is 0.0635. The second-order valence-electron chi connectivity index (χ2n) is 4.25. The van der Waals surface area contributed by atoms with E-state index in [1.807, 2.05) is 24.3 Å². The zero-order valence-corrected chi connectivity index (χ0v) is 12.2. The highest BCUT2D eigenvalue weighted by atomic mass is 79.9. The molecule has 4 heteroatoms. The number of carbonyl (C=O) groups is 1. The van der Waals surface area contributed by atoms with Crippen molar-refractivity contribution >= 4 is 27.9 Å². The molecular weight excluding hydrogens is 294 g/mol. The van der Waals surface area contributed by atoms with E-state index in [9.17, 15) is 4.79 Å². The van der Waals surface area contributed by atoms with Crippen LogP contribution in [0.5, 0.6) is 0 Å². The summed E-state index contributed by atoms with van der Waals surface area (Å²) >= 11 is 3.42. The summed E-state index contributed by atoms with van der Waals surface area (Å²) in [6, 6.07) is 7.72. The second-order valence-corrected chi connectivity index (χ2v) is 5.11. The molecule has 0 aromatic heterocycles. The predicted octanol–water partition coefficient (Wildman–Crippen LogP) is 2.69. The van der Waals surface area contributed by atoms with Gasteiger partial charge in [0.2, 0.25) is 5.91 Å². The third-order valence-electron chi connectivity index (χ3n) is 2.57. The molecule has 3 nitrogen and oxygen atoms in total. The highest BCUT2D eigenvalue weighted by Crippen LogP contribution is 2.17. The lowest BCUT2D eigenvalue weighted by atomic mass is 10.2. The molecule has 18 heavy (non-hydrogen) atoms. The molecule has 98 valence electrons. The molecule has 0 radical (unpaired) electrons. The lowest BCUT2D eigenvalue weighted by Crippen LogP contribution is -2.27. The summed E-state index contributed by atoms with van der Waals surface area (Å²) < 4.78 is 0.959. The molecule has 0 aliphatic rings. The first kappa shape index (κ1) is 14.9. The molecule has 1 rings (SSSR count). The van der Waals surface area contributed by atoms with E-state index in [2.05, 4.69) is 15.9 Å². The Morgan fingerprint density at radius 1 is 1.50 bits per heavy atom. The van der Waals surface area contributed by atoms with Gasteiger partial charge in [0.05, 0.1) is 6.10 Å². The second kappa shape index (κ2) is 7.34. The fourth-order valence-corrected chi connectivity index (χ4v) is 1.81.